The van der Waals surface area contributed by atoms with E-state index >= 15 is 0 Å². The van der Waals surface area contributed by atoms with E-state index in [-0.39, 0.29) is 17.8 Å². The zero-order valence-electron chi connectivity index (χ0n) is 12.4. The monoisotopic (exact) mass is 291 g/mol. The molecule has 0 bridgehead atoms. The molecule has 0 fully saturated rings. The van der Waals surface area contributed by atoms with Crippen LogP contribution in [0.2, 0.25) is 0 Å². The van der Waals surface area contributed by atoms with Crippen LogP contribution in [0.1, 0.15) is 25.0 Å². The van der Waals surface area contributed by atoms with Gasteiger partial charge in [0.2, 0.25) is 5.76 Å². The normalized spacial score (nSPS) is 14.1. The van der Waals surface area contributed by atoms with Gasteiger partial charge in [-0.25, -0.2) is 0 Å². The van der Waals surface area contributed by atoms with Gasteiger partial charge < -0.3 is 19.5 Å². The number of carbonyl (C=O) groups excluding carboxylic acids is 1. The Balaban J connectivity index is 1.93. The predicted molar refractivity (Wildman–Crippen MR) is 78.2 cm³/mol. The van der Waals surface area contributed by atoms with E-state index in [1.807, 2.05) is 38.1 Å². The van der Waals surface area contributed by atoms with E-state index in [9.17, 15) is 4.79 Å². The topological polar surface area (TPSA) is 56.8 Å². The summed E-state index contributed by atoms with van der Waals surface area (Å²) in [7, 11) is 0. The van der Waals surface area contributed by atoms with Crippen LogP contribution in [0.4, 0.5) is 0 Å². The first-order valence-corrected chi connectivity index (χ1v) is 7.08. The van der Waals surface area contributed by atoms with Gasteiger partial charge in [0.05, 0.1) is 12.7 Å². The molecular formula is C16H21NO4. The predicted octanol–water partition coefficient (Wildman–Crippen LogP) is 2.12. The molecule has 21 heavy (non-hydrogen) atoms. The zero-order chi connectivity index (χ0) is 15.1. The molecule has 1 N–H and O–H groups in total. The molecular weight excluding hydrogens is 270 g/mol. The van der Waals surface area contributed by atoms with E-state index in [1.165, 1.54) is 6.26 Å². The first-order chi connectivity index (χ1) is 10.2. The van der Waals surface area contributed by atoms with Crippen LogP contribution in [-0.4, -0.2) is 25.2 Å². The number of rotatable bonds is 6. The number of ether oxygens (including phenoxy) is 3. The lowest BCUT2D eigenvalue weighted by molar-refractivity contribution is -0.122. The minimum Gasteiger partial charge on any atom is -0.494 e. The van der Waals surface area contributed by atoms with Gasteiger partial charge >= 0.3 is 0 Å². The van der Waals surface area contributed by atoms with Gasteiger partial charge in [-0.1, -0.05) is 24.3 Å². The zero-order valence-corrected chi connectivity index (χ0v) is 12.4. The van der Waals surface area contributed by atoms with Crippen LogP contribution in [0.3, 0.4) is 0 Å². The van der Waals surface area contributed by atoms with Crippen molar-refractivity contribution in [3.05, 3.63) is 47.4 Å². The van der Waals surface area contributed by atoms with Gasteiger partial charge in [0.15, 0.2) is 0 Å². The molecule has 0 unspecified atom stereocenters. The highest BCUT2D eigenvalue weighted by molar-refractivity contribution is 5.91. The van der Waals surface area contributed by atoms with E-state index in [2.05, 4.69) is 5.32 Å². The van der Waals surface area contributed by atoms with Crippen LogP contribution in [0.15, 0.2) is 36.3 Å². The van der Waals surface area contributed by atoms with Crippen molar-refractivity contribution in [2.24, 2.45) is 0 Å². The van der Waals surface area contributed by atoms with Crippen molar-refractivity contribution in [1.29, 1.82) is 0 Å². The summed E-state index contributed by atoms with van der Waals surface area (Å²) in [5.41, 5.74) is 2.10. The van der Waals surface area contributed by atoms with Crippen molar-refractivity contribution >= 4 is 5.91 Å². The molecule has 0 aliphatic carbocycles. The maximum Gasteiger partial charge on any atom is 0.289 e. The summed E-state index contributed by atoms with van der Waals surface area (Å²) in [6.45, 7) is 5.84. The summed E-state index contributed by atoms with van der Waals surface area (Å²) in [4.78, 5) is 11.9. The minimum absolute atomic E-state index is 0.172. The molecule has 1 aliphatic heterocycles. The average Bonchev–Trinajstić information content (AvgIpc) is 2.52. The third-order valence-corrected chi connectivity index (χ3v) is 3.00. The van der Waals surface area contributed by atoms with E-state index in [0.29, 0.717) is 26.4 Å². The fourth-order valence-corrected chi connectivity index (χ4v) is 1.88. The molecule has 1 aliphatic rings. The summed E-state index contributed by atoms with van der Waals surface area (Å²) in [5.74, 6) is -0.0496. The first-order valence-electron chi connectivity index (χ1n) is 7.08. The quantitative estimate of drug-likeness (QED) is 0.872. The standard InChI is InChI=1S/C16H21NO4/c1-12(2)21-10-14-6-4-3-5-13(14)9-17-16(18)15-11-19-7-8-20-15/h3-6,11-12H,7-10H2,1-2H3,(H,17,18). The van der Waals surface area contributed by atoms with Crippen molar-refractivity contribution in [3.8, 4) is 0 Å². The summed E-state index contributed by atoms with van der Waals surface area (Å²) in [5, 5.41) is 2.83. The lowest BCUT2D eigenvalue weighted by atomic mass is 10.1. The van der Waals surface area contributed by atoms with Gasteiger partial charge in [-0.15, -0.1) is 0 Å². The Morgan fingerprint density at radius 1 is 1.29 bits per heavy atom. The second kappa shape index (κ2) is 7.69. The van der Waals surface area contributed by atoms with Gasteiger partial charge in [0.25, 0.3) is 5.91 Å². The van der Waals surface area contributed by atoms with Crippen LogP contribution >= 0.6 is 0 Å². The second-order valence-corrected chi connectivity index (χ2v) is 5.01. The summed E-state index contributed by atoms with van der Waals surface area (Å²) >= 11 is 0. The number of hydrogen-bond acceptors (Lipinski definition) is 4. The first kappa shape index (κ1) is 15.4. The summed E-state index contributed by atoms with van der Waals surface area (Å²) in [6.07, 6.45) is 1.53. The maximum absolute atomic E-state index is 11.9. The molecule has 1 aromatic carbocycles. The fraction of sp³-hybridized carbons (Fsp3) is 0.438. The third kappa shape index (κ3) is 4.79. The minimum atomic E-state index is -0.269. The Morgan fingerprint density at radius 2 is 2.05 bits per heavy atom. The molecule has 0 radical (unpaired) electrons. The van der Waals surface area contributed by atoms with E-state index < -0.39 is 0 Å². The number of benzene rings is 1. The summed E-state index contributed by atoms with van der Waals surface area (Å²) < 4.78 is 15.9. The molecule has 0 saturated heterocycles. The molecule has 114 valence electrons. The SMILES string of the molecule is CC(C)OCc1ccccc1CNC(=O)C1=COCCO1. The lowest BCUT2D eigenvalue weighted by Gasteiger charge is -2.16. The van der Waals surface area contributed by atoms with Crippen LogP contribution in [0.5, 0.6) is 0 Å². The van der Waals surface area contributed by atoms with Crippen LogP contribution < -0.4 is 5.32 Å². The second-order valence-electron chi connectivity index (χ2n) is 5.01. The van der Waals surface area contributed by atoms with E-state index in [1.54, 1.807) is 0 Å². The van der Waals surface area contributed by atoms with Crippen LogP contribution in [0, 0.1) is 0 Å². The highest BCUT2D eigenvalue weighted by Crippen LogP contribution is 2.12. The van der Waals surface area contributed by atoms with E-state index in [4.69, 9.17) is 14.2 Å². The van der Waals surface area contributed by atoms with Crippen LogP contribution in [0.25, 0.3) is 0 Å². The van der Waals surface area contributed by atoms with Crippen molar-refractivity contribution in [1.82, 2.24) is 5.32 Å². The summed E-state index contributed by atoms with van der Waals surface area (Å²) in [6, 6.07) is 7.89. The van der Waals surface area contributed by atoms with Crippen molar-refractivity contribution < 1.29 is 19.0 Å². The average molecular weight is 291 g/mol. The highest BCUT2D eigenvalue weighted by Gasteiger charge is 2.15. The van der Waals surface area contributed by atoms with Gasteiger partial charge in [0, 0.05) is 6.54 Å². The highest BCUT2D eigenvalue weighted by atomic mass is 16.6. The molecule has 0 saturated carbocycles. The smallest absolute Gasteiger partial charge is 0.289 e. The number of hydrogen-bond donors (Lipinski definition) is 1. The Kier molecular flexibility index (Phi) is 5.63. The van der Waals surface area contributed by atoms with E-state index in [0.717, 1.165) is 11.1 Å². The Bertz CT molecular complexity index is 511. The van der Waals surface area contributed by atoms with Gasteiger partial charge in [-0.2, -0.15) is 0 Å². The molecule has 2 rings (SSSR count). The molecule has 0 atom stereocenters. The van der Waals surface area contributed by atoms with Gasteiger partial charge in [-0.3, -0.25) is 4.79 Å². The molecule has 1 heterocycles. The number of nitrogens with one attached hydrogen (secondary N) is 1. The Morgan fingerprint density at radius 3 is 2.71 bits per heavy atom. The lowest BCUT2D eigenvalue weighted by Crippen LogP contribution is -2.28. The Hall–Kier alpha value is -2.01. The molecule has 5 heteroatoms. The molecule has 0 aromatic heterocycles. The van der Waals surface area contributed by atoms with Crippen LogP contribution in [-0.2, 0) is 32.2 Å². The van der Waals surface area contributed by atoms with Gasteiger partial charge in [-0.05, 0) is 25.0 Å². The van der Waals surface area contributed by atoms with Gasteiger partial charge in [0.1, 0.15) is 19.5 Å². The fourth-order valence-electron chi connectivity index (χ4n) is 1.88. The van der Waals surface area contributed by atoms with Crippen molar-refractivity contribution in [2.75, 3.05) is 13.2 Å². The number of amides is 1. The Labute approximate surface area is 124 Å². The molecule has 5 nitrogen and oxygen atoms in total. The van der Waals surface area contributed by atoms with Crippen molar-refractivity contribution in [3.63, 3.8) is 0 Å². The van der Waals surface area contributed by atoms with Crippen molar-refractivity contribution in [2.45, 2.75) is 33.1 Å². The molecule has 0 spiro atoms. The molecule has 1 amide bonds. The largest absolute Gasteiger partial charge is 0.494 e. The number of carbonyl (C=O) groups is 1. The third-order valence-electron chi connectivity index (χ3n) is 3.00. The maximum atomic E-state index is 11.9. The molecule has 1 aromatic rings.